The SMILES string of the molecule is COc1ccc(S(=O)(=O)N2CCC[C@@H]2c2nnc(C(=O)Nc3ccc4c(c3)OCO4)s2)cc1. The molecule has 0 spiro atoms. The predicted molar refractivity (Wildman–Crippen MR) is 119 cm³/mol. The lowest BCUT2D eigenvalue weighted by molar-refractivity contribution is 0.102. The number of sulfonamides is 1. The molecule has 2 aliphatic heterocycles. The van der Waals surface area contributed by atoms with Crippen LogP contribution in [-0.2, 0) is 10.0 Å². The predicted octanol–water partition coefficient (Wildman–Crippen LogP) is 3.05. The molecule has 1 aromatic heterocycles. The number of anilines is 1. The van der Waals surface area contributed by atoms with Gasteiger partial charge in [0.2, 0.25) is 21.8 Å². The van der Waals surface area contributed by atoms with Crippen LogP contribution in [0.15, 0.2) is 47.4 Å². The van der Waals surface area contributed by atoms with E-state index in [4.69, 9.17) is 14.2 Å². The largest absolute Gasteiger partial charge is 0.497 e. The number of methoxy groups -OCH3 is 1. The zero-order chi connectivity index (χ0) is 23.0. The molecule has 12 heteroatoms. The molecule has 0 radical (unpaired) electrons. The highest BCUT2D eigenvalue weighted by atomic mass is 32.2. The number of amides is 1. The van der Waals surface area contributed by atoms with Crippen molar-refractivity contribution in [3.63, 3.8) is 0 Å². The summed E-state index contributed by atoms with van der Waals surface area (Å²) in [6.45, 7) is 0.515. The lowest BCUT2D eigenvalue weighted by atomic mass is 10.2. The van der Waals surface area contributed by atoms with E-state index in [1.165, 1.54) is 23.5 Å². The Bertz CT molecular complexity index is 1290. The van der Waals surface area contributed by atoms with Crippen LogP contribution in [0.25, 0.3) is 0 Å². The van der Waals surface area contributed by atoms with Gasteiger partial charge >= 0.3 is 0 Å². The van der Waals surface area contributed by atoms with Crippen molar-refractivity contribution >= 4 is 33.0 Å². The first-order valence-corrected chi connectivity index (χ1v) is 12.4. The van der Waals surface area contributed by atoms with Crippen molar-refractivity contribution in [3.05, 3.63) is 52.5 Å². The number of carbonyl (C=O) groups is 1. The number of hydrogen-bond acceptors (Lipinski definition) is 9. The Kier molecular flexibility index (Phi) is 5.64. The molecule has 1 amide bonds. The van der Waals surface area contributed by atoms with Crippen molar-refractivity contribution < 1.29 is 27.4 Å². The first-order valence-electron chi connectivity index (χ1n) is 10.2. The highest BCUT2D eigenvalue weighted by molar-refractivity contribution is 7.89. The van der Waals surface area contributed by atoms with Gasteiger partial charge in [-0.25, -0.2) is 8.42 Å². The minimum Gasteiger partial charge on any atom is -0.497 e. The van der Waals surface area contributed by atoms with Crippen LogP contribution in [0, 0.1) is 0 Å². The molecule has 0 bridgehead atoms. The third-order valence-corrected chi connectivity index (χ3v) is 8.37. The Hall–Kier alpha value is -3.22. The van der Waals surface area contributed by atoms with E-state index in [-0.39, 0.29) is 16.7 Å². The average Bonchev–Trinajstić information content (AvgIpc) is 3.58. The minimum absolute atomic E-state index is 0.143. The Morgan fingerprint density at radius 3 is 2.73 bits per heavy atom. The van der Waals surface area contributed by atoms with Crippen molar-refractivity contribution in [2.24, 2.45) is 0 Å². The van der Waals surface area contributed by atoms with Gasteiger partial charge in [-0.1, -0.05) is 11.3 Å². The van der Waals surface area contributed by atoms with Gasteiger partial charge in [0.15, 0.2) is 11.5 Å². The molecule has 1 N–H and O–H groups in total. The summed E-state index contributed by atoms with van der Waals surface area (Å²) in [4.78, 5) is 12.9. The molecule has 1 saturated heterocycles. The van der Waals surface area contributed by atoms with Gasteiger partial charge in [-0.3, -0.25) is 4.79 Å². The van der Waals surface area contributed by atoms with Crippen LogP contribution in [-0.4, -0.2) is 49.3 Å². The van der Waals surface area contributed by atoms with Gasteiger partial charge in [0, 0.05) is 18.3 Å². The molecule has 1 fully saturated rings. The lowest BCUT2D eigenvalue weighted by Crippen LogP contribution is -2.30. The normalized spacial score (nSPS) is 17.8. The van der Waals surface area contributed by atoms with Gasteiger partial charge in [0.05, 0.1) is 18.0 Å². The van der Waals surface area contributed by atoms with Gasteiger partial charge in [-0.05, 0) is 49.2 Å². The number of benzene rings is 2. The van der Waals surface area contributed by atoms with Gasteiger partial charge in [-0.2, -0.15) is 4.31 Å². The standard InChI is InChI=1S/C21H20N4O6S2/c1-29-14-5-7-15(8-6-14)33(27,28)25-10-2-3-16(25)20-23-24-21(32-20)19(26)22-13-4-9-17-18(11-13)31-12-30-17/h4-9,11,16H,2-3,10,12H2,1H3,(H,22,26)/t16-/m1/s1. The topological polar surface area (TPSA) is 120 Å². The van der Waals surface area contributed by atoms with Crippen molar-refractivity contribution in [3.8, 4) is 17.2 Å². The van der Waals surface area contributed by atoms with E-state index < -0.39 is 22.0 Å². The fraction of sp³-hybridized carbons (Fsp3) is 0.286. The van der Waals surface area contributed by atoms with Crippen LogP contribution in [0.5, 0.6) is 17.2 Å². The number of carbonyl (C=O) groups excluding carboxylic acids is 1. The zero-order valence-corrected chi connectivity index (χ0v) is 19.2. The quantitative estimate of drug-likeness (QED) is 0.562. The maximum Gasteiger partial charge on any atom is 0.286 e. The molecule has 2 aromatic carbocycles. The summed E-state index contributed by atoms with van der Waals surface area (Å²) in [7, 11) is -2.21. The van der Waals surface area contributed by atoms with Crippen LogP contribution >= 0.6 is 11.3 Å². The van der Waals surface area contributed by atoms with E-state index >= 15 is 0 Å². The summed E-state index contributed by atoms with van der Waals surface area (Å²) in [5.41, 5.74) is 0.533. The van der Waals surface area contributed by atoms with Gasteiger partial charge in [-0.15, -0.1) is 10.2 Å². The van der Waals surface area contributed by atoms with Gasteiger partial charge in [0.1, 0.15) is 10.8 Å². The Morgan fingerprint density at radius 1 is 1.15 bits per heavy atom. The van der Waals surface area contributed by atoms with Gasteiger partial charge < -0.3 is 19.5 Å². The Morgan fingerprint density at radius 2 is 1.94 bits per heavy atom. The number of hydrogen-bond donors (Lipinski definition) is 1. The van der Waals surface area contributed by atoms with E-state index in [0.717, 1.165) is 11.3 Å². The molecule has 10 nitrogen and oxygen atoms in total. The number of nitrogens with zero attached hydrogens (tertiary/aromatic N) is 3. The van der Waals surface area contributed by atoms with E-state index in [1.54, 1.807) is 30.3 Å². The number of nitrogens with one attached hydrogen (secondary N) is 1. The molecule has 3 heterocycles. The number of ether oxygens (including phenoxy) is 3. The van der Waals surface area contributed by atoms with Crippen molar-refractivity contribution in [1.82, 2.24) is 14.5 Å². The van der Waals surface area contributed by atoms with Crippen LogP contribution < -0.4 is 19.5 Å². The molecule has 0 saturated carbocycles. The highest BCUT2D eigenvalue weighted by Gasteiger charge is 2.38. The van der Waals surface area contributed by atoms with Crippen molar-refractivity contribution in [2.45, 2.75) is 23.8 Å². The van der Waals surface area contributed by atoms with E-state index in [9.17, 15) is 13.2 Å². The molecule has 3 aromatic rings. The second kappa shape index (κ2) is 8.61. The zero-order valence-electron chi connectivity index (χ0n) is 17.6. The summed E-state index contributed by atoms with van der Waals surface area (Å²) < 4.78 is 43.6. The highest BCUT2D eigenvalue weighted by Crippen LogP contribution is 2.38. The monoisotopic (exact) mass is 488 g/mol. The smallest absolute Gasteiger partial charge is 0.286 e. The first kappa shape index (κ1) is 21.6. The van der Waals surface area contributed by atoms with Crippen molar-refractivity contribution in [1.29, 1.82) is 0 Å². The fourth-order valence-corrected chi connectivity index (χ4v) is 6.39. The minimum atomic E-state index is -3.74. The summed E-state index contributed by atoms with van der Waals surface area (Å²) in [6, 6.07) is 10.9. The Balaban J connectivity index is 1.33. The summed E-state index contributed by atoms with van der Waals surface area (Å²) in [5.74, 6) is 1.32. The molecule has 0 unspecified atom stereocenters. The molecular formula is C21H20N4O6S2. The molecule has 172 valence electrons. The first-order chi connectivity index (χ1) is 16.0. The second-order valence-electron chi connectivity index (χ2n) is 7.42. The molecular weight excluding hydrogens is 468 g/mol. The molecule has 5 rings (SSSR count). The summed E-state index contributed by atoms with van der Waals surface area (Å²) >= 11 is 1.09. The summed E-state index contributed by atoms with van der Waals surface area (Å²) in [6.07, 6.45) is 1.30. The maximum absolute atomic E-state index is 13.2. The number of aromatic nitrogens is 2. The number of rotatable bonds is 6. The molecule has 0 aliphatic carbocycles. The molecule has 2 aliphatic rings. The molecule has 1 atom stereocenters. The third kappa shape index (κ3) is 4.12. The number of fused-ring (bicyclic) bond motifs is 1. The van der Waals surface area contributed by atoms with Crippen molar-refractivity contribution in [2.75, 3.05) is 25.8 Å². The van der Waals surface area contributed by atoms with Crippen LogP contribution in [0.1, 0.15) is 33.7 Å². The third-order valence-electron chi connectivity index (χ3n) is 5.42. The van der Waals surface area contributed by atoms with E-state index in [2.05, 4.69) is 15.5 Å². The average molecular weight is 489 g/mol. The van der Waals surface area contributed by atoms with E-state index in [1.807, 2.05) is 0 Å². The molecule has 33 heavy (non-hydrogen) atoms. The summed E-state index contributed by atoms with van der Waals surface area (Å²) in [5, 5.41) is 11.5. The van der Waals surface area contributed by atoms with Crippen LogP contribution in [0.4, 0.5) is 5.69 Å². The lowest BCUT2D eigenvalue weighted by Gasteiger charge is -2.22. The van der Waals surface area contributed by atoms with Crippen LogP contribution in [0.2, 0.25) is 0 Å². The van der Waals surface area contributed by atoms with E-state index in [0.29, 0.717) is 47.3 Å². The second-order valence-corrected chi connectivity index (χ2v) is 10.3. The van der Waals surface area contributed by atoms with Gasteiger partial charge in [0.25, 0.3) is 5.91 Å². The van der Waals surface area contributed by atoms with Crippen LogP contribution in [0.3, 0.4) is 0 Å². The maximum atomic E-state index is 13.2. The fourth-order valence-electron chi connectivity index (χ4n) is 3.78. The Labute approximate surface area is 194 Å².